The molecule has 0 aliphatic carbocycles. The van der Waals surface area contributed by atoms with Crippen molar-refractivity contribution in [1.29, 1.82) is 0 Å². The van der Waals surface area contributed by atoms with Crippen LogP contribution in [-0.2, 0) is 10.0 Å². The Kier molecular flexibility index (Phi) is 4.98. The second-order valence-corrected chi connectivity index (χ2v) is 8.33. The first kappa shape index (κ1) is 14.9. The van der Waals surface area contributed by atoms with Gasteiger partial charge in [-0.2, -0.15) is 4.31 Å². The van der Waals surface area contributed by atoms with Crippen molar-refractivity contribution >= 4 is 10.0 Å². The van der Waals surface area contributed by atoms with Crippen LogP contribution in [0.3, 0.4) is 0 Å². The van der Waals surface area contributed by atoms with E-state index < -0.39 is 14.8 Å². The maximum Gasteiger partial charge on any atom is 0.219 e. The highest BCUT2D eigenvalue weighted by atomic mass is 32.2. The van der Waals surface area contributed by atoms with Crippen LogP contribution in [0.15, 0.2) is 0 Å². The molecular formula is C12H26N2O2S. The van der Waals surface area contributed by atoms with Gasteiger partial charge in [0.2, 0.25) is 10.0 Å². The van der Waals surface area contributed by atoms with Crippen molar-refractivity contribution in [2.75, 3.05) is 19.6 Å². The van der Waals surface area contributed by atoms with Crippen LogP contribution < -0.4 is 5.32 Å². The Labute approximate surface area is 106 Å². The lowest BCUT2D eigenvalue weighted by Crippen LogP contribution is -2.53. The van der Waals surface area contributed by atoms with E-state index in [-0.39, 0.29) is 6.04 Å². The van der Waals surface area contributed by atoms with Gasteiger partial charge in [-0.25, -0.2) is 8.42 Å². The molecule has 0 amide bonds. The van der Waals surface area contributed by atoms with Gasteiger partial charge in [-0.1, -0.05) is 13.3 Å². The summed E-state index contributed by atoms with van der Waals surface area (Å²) in [6.45, 7) is 9.72. The third-order valence-corrected chi connectivity index (χ3v) is 5.93. The average molecular weight is 262 g/mol. The van der Waals surface area contributed by atoms with Crippen LogP contribution in [-0.4, -0.2) is 43.1 Å². The summed E-state index contributed by atoms with van der Waals surface area (Å²) in [6.07, 6.45) is 3.09. The Morgan fingerprint density at radius 2 is 1.94 bits per heavy atom. The lowest BCUT2D eigenvalue weighted by atomic mass is 10.1. The molecule has 0 aromatic carbocycles. The lowest BCUT2D eigenvalue weighted by molar-refractivity contribution is 0.241. The van der Waals surface area contributed by atoms with Crippen LogP contribution in [0.4, 0.5) is 0 Å². The fourth-order valence-electron chi connectivity index (χ4n) is 2.16. The molecule has 1 atom stereocenters. The van der Waals surface area contributed by atoms with E-state index >= 15 is 0 Å². The van der Waals surface area contributed by atoms with Gasteiger partial charge in [-0.05, 0) is 40.2 Å². The summed E-state index contributed by atoms with van der Waals surface area (Å²) < 4.78 is 26.0. The number of sulfonamides is 1. The second-order valence-electron chi connectivity index (χ2n) is 5.69. The summed E-state index contributed by atoms with van der Waals surface area (Å²) in [6, 6.07) is 0.132. The smallest absolute Gasteiger partial charge is 0.219 e. The zero-order valence-corrected chi connectivity index (χ0v) is 12.3. The first-order valence-corrected chi connectivity index (χ1v) is 7.97. The van der Waals surface area contributed by atoms with Crippen molar-refractivity contribution in [3.05, 3.63) is 0 Å². The number of piperidine rings is 1. The third kappa shape index (κ3) is 3.42. The van der Waals surface area contributed by atoms with Crippen LogP contribution in [0.1, 0.15) is 47.0 Å². The first-order chi connectivity index (χ1) is 7.80. The van der Waals surface area contributed by atoms with E-state index in [0.717, 1.165) is 32.4 Å². The summed E-state index contributed by atoms with van der Waals surface area (Å²) in [5.41, 5.74) is 0. The van der Waals surface area contributed by atoms with E-state index in [0.29, 0.717) is 6.54 Å². The largest absolute Gasteiger partial charge is 0.315 e. The molecule has 0 aromatic rings. The Hall–Kier alpha value is -0.130. The Balaban J connectivity index is 2.84. The van der Waals surface area contributed by atoms with Crippen molar-refractivity contribution in [3.63, 3.8) is 0 Å². The van der Waals surface area contributed by atoms with Gasteiger partial charge in [0.15, 0.2) is 0 Å². The molecule has 1 heterocycles. The van der Waals surface area contributed by atoms with Gasteiger partial charge < -0.3 is 5.32 Å². The molecular weight excluding hydrogens is 236 g/mol. The number of rotatable bonds is 4. The Morgan fingerprint density at radius 1 is 1.29 bits per heavy atom. The second kappa shape index (κ2) is 5.67. The van der Waals surface area contributed by atoms with Crippen molar-refractivity contribution in [1.82, 2.24) is 9.62 Å². The number of hydrogen-bond donors (Lipinski definition) is 1. The molecule has 1 N–H and O–H groups in total. The van der Waals surface area contributed by atoms with Crippen molar-refractivity contribution in [2.24, 2.45) is 0 Å². The number of nitrogens with one attached hydrogen (secondary N) is 1. The van der Waals surface area contributed by atoms with Crippen LogP contribution >= 0.6 is 0 Å². The predicted molar refractivity (Wildman–Crippen MR) is 71.6 cm³/mol. The van der Waals surface area contributed by atoms with E-state index in [4.69, 9.17) is 0 Å². The highest BCUT2D eigenvalue weighted by molar-refractivity contribution is 7.90. The lowest BCUT2D eigenvalue weighted by Gasteiger charge is -2.38. The molecule has 1 fully saturated rings. The van der Waals surface area contributed by atoms with E-state index in [9.17, 15) is 8.42 Å². The Morgan fingerprint density at radius 3 is 2.47 bits per heavy atom. The van der Waals surface area contributed by atoms with Crippen LogP contribution in [0.25, 0.3) is 0 Å². The molecule has 1 saturated heterocycles. The minimum atomic E-state index is -3.19. The standard InChI is InChI=1S/C12H26N2O2S/c1-5-13-10-11-8-6-7-9-14(11)17(15,16)12(2,3)4/h11,13H,5-10H2,1-4H3. The highest BCUT2D eigenvalue weighted by Crippen LogP contribution is 2.27. The molecule has 17 heavy (non-hydrogen) atoms. The molecule has 1 aliphatic rings. The van der Waals surface area contributed by atoms with Gasteiger partial charge in [0.05, 0.1) is 4.75 Å². The Bertz CT molecular complexity index is 333. The van der Waals surface area contributed by atoms with Gasteiger partial charge in [-0.15, -0.1) is 0 Å². The van der Waals surface area contributed by atoms with E-state index in [1.165, 1.54) is 0 Å². The number of nitrogens with zero attached hydrogens (tertiary/aromatic N) is 1. The minimum Gasteiger partial charge on any atom is -0.315 e. The van der Waals surface area contributed by atoms with E-state index in [1.807, 2.05) is 6.92 Å². The molecule has 0 radical (unpaired) electrons. The van der Waals surface area contributed by atoms with Gasteiger partial charge in [0.25, 0.3) is 0 Å². The molecule has 0 saturated carbocycles. The molecule has 1 rings (SSSR count). The molecule has 4 nitrogen and oxygen atoms in total. The quantitative estimate of drug-likeness (QED) is 0.837. The zero-order chi connectivity index (χ0) is 13.1. The van der Waals surface area contributed by atoms with Gasteiger partial charge in [0, 0.05) is 19.1 Å². The third-order valence-electron chi connectivity index (χ3n) is 3.29. The average Bonchev–Trinajstić information content (AvgIpc) is 2.25. The molecule has 102 valence electrons. The molecule has 5 heteroatoms. The first-order valence-electron chi connectivity index (χ1n) is 6.53. The van der Waals surface area contributed by atoms with Crippen molar-refractivity contribution in [2.45, 2.75) is 57.7 Å². The fourth-order valence-corrected chi connectivity index (χ4v) is 3.80. The van der Waals surface area contributed by atoms with Gasteiger partial charge in [-0.3, -0.25) is 0 Å². The normalized spacial score (nSPS) is 23.9. The summed E-state index contributed by atoms with van der Waals surface area (Å²) in [5, 5.41) is 3.27. The summed E-state index contributed by atoms with van der Waals surface area (Å²) in [5.74, 6) is 0. The topological polar surface area (TPSA) is 49.4 Å². The molecule has 1 unspecified atom stereocenters. The van der Waals surface area contributed by atoms with Crippen molar-refractivity contribution < 1.29 is 8.42 Å². The summed E-state index contributed by atoms with van der Waals surface area (Å²) in [4.78, 5) is 0. The molecule has 1 aliphatic heterocycles. The van der Waals surface area contributed by atoms with Crippen LogP contribution in [0.5, 0.6) is 0 Å². The fraction of sp³-hybridized carbons (Fsp3) is 1.00. The maximum atomic E-state index is 12.5. The predicted octanol–water partition coefficient (Wildman–Crippen LogP) is 1.58. The minimum absolute atomic E-state index is 0.132. The van der Waals surface area contributed by atoms with E-state index in [2.05, 4.69) is 5.32 Å². The monoisotopic (exact) mass is 262 g/mol. The van der Waals surface area contributed by atoms with Gasteiger partial charge in [0.1, 0.15) is 0 Å². The maximum absolute atomic E-state index is 12.5. The number of likely N-dealkylation sites (N-methyl/N-ethyl adjacent to an activating group) is 1. The molecule has 0 aromatic heterocycles. The molecule has 0 bridgehead atoms. The van der Waals surface area contributed by atoms with Crippen LogP contribution in [0, 0.1) is 0 Å². The van der Waals surface area contributed by atoms with Crippen LogP contribution in [0.2, 0.25) is 0 Å². The zero-order valence-electron chi connectivity index (χ0n) is 11.5. The van der Waals surface area contributed by atoms with Crippen molar-refractivity contribution in [3.8, 4) is 0 Å². The van der Waals surface area contributed by atoms with E-state index in [1.54, 1.807) is 25.1 Å². The number of hydrogen-bond acceptors (Lipinski definition) is 3. The molecule has 0 spiro atoms. The highest BCUT2D eigenvalue weighted by Gasteiger charge is 2.39. The summed E-state index contributed by atoms with van der Waals surface area (Å²) in [7, 11) is -3.19. The summed E-state index contributed by atoms with van der Waals surface area (Å²) >= 11 is 0. The van der Waals surface area contributed by atoms with Gasteiger partial charge >= 0.3 is 0 Å². The SMILES string of the molecule is CCNCC1CCCCN1S(=O)(=O)C(C)(C)C.